The average molecular weight is 359 g/mol. The Morgan fingerprint density at radius 1 is 1.32 bits per heavy atom. The molecule has 132 valence electrons. The summed E-state index contributed by atoms with van der Waals surface area (Å²) in [6.07, 6.45) is 3.05. The number of aromatic nitrogens is 1. The number of hydrogen-bond donors (Lipinski definition) is 2. The predicted molar refractivity (Wildman–Crippen MR) is 97.6 cm³/mol. The van der Waals surface area contributed by atoms with Crippen LogP contribution in [0.25, 0.3) is 0 Å². The molecule has 0 spiro atoms. The van der Waals surface area contributed by atoms with Crippen LogP contribution in [0.4, 0.5) is 9.93 Å². The fourth-order valence-corrected chi connectivity index (χ4v) is 3.87. The molecule has 25 heavy (non-hydrogen) atoms. The van der Waals surface area contributed by atoms with Gasteiger partial charge in [-0.3, -0.25) is 4.79 Å². The lowest BCUT2D eigenvalue weighted by Crippen LogP contribution is -2.41. The van der Waals surface area contributed by atoms with Gasteiger partial charge in [0.25, 0.3) is 0 Å². The van der Waals surface area contributed by atoms with Gasteiger partial charge in [-0.05, 0) is 24.8 Å². The molecule has 0 atom stereocenters. The molecule has 7 heteroatoms. The SMILES string of the molecule is CCc1ccccc1C(=O)c1cnc(NC2CCN(C(=O)O)CC2)s1. The number of aryl methyl sites for hydroxylation is 1. The molecule has 1 aliphatic rings. The number of hydrogen-bond acceptors (Lipinski definition) is 5. The minimum absolute atomic E-state index is 0.00342. The summed E-state index contributed by atoms with van der Waals surface area (Å²) < 4.78 is 0. The lowest BCUT2D eigenvalue weighted by Gasteiger charge is -2.30. The molecule has 1 saturated heterocycles. The average Bonchev–Trinajstić information content (AvgIpc) is 3.10. The number of thiazole rings is 1. The summed E-state index contributed by atoms with van der Waals surface area (Å²) in [6, 6.07) is 7.84. The summed E-state index contributed by atoms with van der Waals surface area (Å²) in [5, 5.41) is 13.0. The van der Waals surface area contributed by atoms with Gasteiger partial charge in [0.05, 0.1) is 11.1 Å². The Balaban J connectivity index is 1.65. The van der Waals surface area contributed by atoms with Crippen molar-refractivity contribution in [3.8, 4) is 0 Å². The van der Waals surface area contributed by atoms with Crippen molar-refractivity contribution in [2.24, 2.45) is 0 Å². The van der Waals surface area contributed by atoms with E-state index in [2.05, 4.69) is 10.3 Å². The molecule has 1 fully saturated rings. The van der Waals surface area contributed by atoms with Crippen LogP contribution in [0.2, 0.25) is 0 Å². The van der Waals surface area contributed by atoms with Crippen molar-refractivity contribution in [2.75, 3.05) is 18.4 Å². The van der Waals surface area contributed by atoms with E-state index in [4.69, 9.17) is 5.11 Å². The van der Waals surface area contributed by atoms with Crippen molar-refractivity contribution in [3.63, 3.8) is 0 Å². The number of piperidine rings is 1. The van der Waals surface area contributed by atoms with E-state index in [0.29, 0.717) is 23.1 Å². The summed E-state index contributed by atoms with van der Waals surface area (Å²) in [4.78, 5) is 30.0. The van der Waals surface area contributed by atoms with Gasteiger partial charge in [0.15, 0.2) is 5.13 Å². The van der Waals surface area contributed by atoms with Crippen molar-refractivity contribution in [3.05, 3.63) is 46.5 Å². The first-order chi connectivity index (χ1) is 12.1. The zero-order valence-corrected chi connectivity index (χ0v) is 14.9. The highest BCUT2D eigenvalue weighted by Crippen LogP contribution is 2.25. The van der Waals surface area contributed by atoms with Crippen molar-refractivity contribution >= 4 is 28.3 Å². The fraction of sp³-hybridized carbons (Fsp3) is 0.389. The molecule has 6 nitrogen and oxygen atoms in total. The summed E-state index contributed by atoms with van der Waals surface area (Å²) in [5.41, 5.74) is 1.77. The Morgan fingerprint density at radius 2 is 2.04 bits per heavy atom. The standard InChI is InChI=1S/C18H21N3O3S/c1-2-12-5-3-4-6-14(12)16(22)15-11-19-17(25-15)20-13-7-9-21(10-8-13)18(23)24/h3-6,11,13H,2,7-10H2,1H3,(H,19,20)(H,23,24). The Labute approximate surface area is 150 Å². The second kappa shape index (κ2) is 7.65. The Morgan fingerprint density at radius 3 is 2.72 bits per heavy atom. The van der Waals surface area contributed by atoms with Crippen LogP contribution in [0.15, 0.2) is 30.5 Å². The highest BCUT2D eigenvalue weighted by molar-refractivity contribution is 7.17. The van der Waals surface area contributed by atoms with E-state index in [1.165, 1.54) is 16.2 Å². The van der Waals surface area contributed by atoms with Crippen LogP contribution in [0.1, 0.15) is 40.6 Å². The lowest BCUT2D eigenvalue weighted by molar-refractivity contribution is 0.104. The van der Waals surface area contributed by atoms with Crippen LogP contribution in [0.3, 0.4) is 0 Å². The van der Waals surface area contributed by atoms with Crippen molar-refractivity contribution in [1.82, 2.24) is 9.88 Å². The number of carboxylic acid groups (broad SMARTS) is 1. The third-order valence-corrected chi connectivity index (χ3v) is 5.39. The molecule has 0 unspecified atom stereocenters. The first kappa shape index (κ1) is 17.4. The van der Waals surface area contributed by atoms with Gasteiger partial charge in [-0.25, -0.2) is 9.78 Å². The number of carbonyl (C=O) groups excluding carboxylic acids is 1. The minimum Gasteiger partial charge on any atom is -0.465 e. The highest BCUT2D eigenvalue weighted by atomic mass is 32.1. The van der Waals surface area contributed by atoms with Gasteiger partial charge in [0, 0.05) is 24.7 Å². The quantitative estimate of drug-likeness (QED) is 0.799. The van der Waals surface area contributed by atoms with Crippen LogP contribution >= 0.6 is 11.3 Å². The van der Waals surface area contributed by atoms with Gasteiger partial charge in [0.2, 0.25) is 5.78 Å². The minimum atomic E-state index is -0.866. The second-order valence-electron chi connectivity index (χ2n) is 6.06. The maximum absolute atomic E-state index is 12.7. The summed E-state index contributed by atoms with van der Waals surface area (Å²) >= 11 is 1.35. The molecule has 1 amide bonds. The van der Waals surface area contributed by atoms with Crippen LogP contribution in [0, 0.1) is 0 Å². The molecular weight excluding hydrogens is 338 g/mol. The topological polar surface area (TPSA) is 82.5 Å². The zero-order valence-electron chi connectivity index (χ0n) is 14.1. The molecule has 1 aliphatic heterocycles. The van der Waals surface area contributed by atoms with Crippen LogP contribution in [-0.2, 0) is 6.42 Å². The summed E-state index contributed by atoms with van der Waals surface area (Å²) in [5.74, 6) is 0.00342. The first-order valence-corrected chi connectivity index (χ1v) is 9.23. The fourth-order valence-electron chi connectivity index (χ4n) is 3.02. The molecular formula is C18H21N3O3S. The Bertz CT molecular complexity index is 766. The molecule has 2 aromatic rings. The van der Waals surface area contributed by atoms with E-state index in [9.17, 15) is 9.59 Å². The van der Waals surface area contributed by atoms with Gasteiger partial charge < -0.3 is 15.3 Å². The van der Waals surface area contributed by atoms with E-state index >= 15 is 0 Å². The van der Waals surface area contributed by atoms with Gasteiger partial charge in [-0.15, -0.1) is 0 Å². The van der Waals surface area contributed by atoms with Crippen molar-refractivity contribution in [1.29, 1.82) is 0 Å². The molecule has 1 aromatic heterocycles. The van der Waals surface area contributed by atoms with Gasteiger partial charge in [-0.2, -0.15) is 0 Å². The van der Waals surface area contributed by atoms with Crippen LogP contribution < -0.4 is 5.32 Å². The molecule has 3 rings (SSSR count). The van der Waals surface area contributed by atoms with E-state index in [1.54, 1.807) is 6.20 Å². The van der Waals surface area contributed by atoms with Crippen LogP contribution in [-0.4, -0.2) is 46.0 Å². The number of rotatable bonds is 5. The molecule has 0 saturated carbocycles. The number of nitrogens with one attached hydrogen (secondary N) is 1. The van der Waals surface area contributed by atoms with E-state index in [1.807, 2.05) is 31.2 Å². The number of nitrogens with zero attached hydrogens (tertiary/aromatic N) is 2. The highest BCUT2D eigenvalue weighted by Gasteiger charge is 2.23. The Kier molecular flexibility index (Phi) is 5.33. The second-order valence-corrected chi connectivity index (χ2v) is 7.09. The summed E-state index contributed by atoms with van der Waals surface area (Å²) in [7, 11) is 0. The zero-order chi connectivity index (χ0) is 17.8. The van der Waals surface area contributed by atoms with Crippen LogP contribution in [0.5, 0.6) is 0 Å². The van der Waals surface area contributed by atoms with E-state index in [0.717, 1.165) is 30.4 Å². The number of carbonyl (C=O) groups is 2. The third kappa shape index (κ3) is 3.99. The van der Waals surface area contributed by atoms with Crippen molar-refractivity contribution < 1.29 is 14.7 Å². The van der Waals surface area contributed by atoms with Gasteiger partial charge >= 0.3 is 6.09 Å². The monoisotopic (exact) mass is 359 g/mol. The lowest BCUT2D eigenvalue weighted by atomic mass is 10.0. The predicted octanol–water partition coefficient (Wildman–Crippen LogP) is 3.49. The first-order valence-electron chi connectivity index (χ1n) is 8.41. The van der Waals surface area contributed by atoms with Crippen molar-refractivity contribution in [2.45, 2.75) is 32.2 Å². The molecule has 1 aromatic carbocycles. The summed E-state index contributed by atoms with van der Waals surface area (Å²) in [6.45, 7) is 3.08. The molecule has 0 bridgehead atoms. The molecule has 2 heterocycles. The maximum atomic E-state index is 12.7. The Hall–Kier alpha value is -2.41. The number of ketones is 1. The van der Waals surface area contributed by atoms with Gasteiger partial charge in [-0.1, -0.05) is 42.5 Å². The smallest absolute Gasteiger partial charge is 0.407 e. The normalized spacial score (nSPS) is 15.2. The number of benzene rings is 1. The largest absolute Gasteiger partial charge is 0.465 e. The number of amides is 1. The maximum Gasteiger partial charge on any atom is 0.407 e. The van der Waals surface area contributed by atoms with E-state index < -0.39 is 6.09 Å². The molecule has 0 radical (unpaired) electrons. The van der Waals surface area contributed by atoms with E-state index in [-0.39, 0.29) is 11.8 Å². The molecule has 2 N–H and O–H groups in total. The number of likely N-dealkylation sites (tertiary alicyclic amines) is 1. The van der Waals surface area contributed by atoms with Gasteiger partial charge in [0.1, 0.15) is 0 Å². The number of anilines is 1. The molecule has 0 aliphatic carbocycles. The third-order valence-electron chi connectivity index (χ3n) is 4.47.